The lowest BCUT2D eigenvalue weighted by Gasteiger charge is -2.34. The summed E-state index contributed by atoms with van der Waals surface area (Å²) in [4.78, 5) is 23.6. The minimum Gasteiger partial charge on any atom is -0.353 e. The van der Waals surface area contributed by atoms with Crippen molar-refractivity contribution in [1.29, 1.82) is 0 Å². The van der Waals surface area contributed by atoms with E-state index in [2.05, 4.69) is 45.4 Å². The van der Waals surface area contributed by atoms with E-state index >= 15 is 0 Å². The average Bonchev–Trinajstić information content (AvgIpc) is 3.22. The van der Waals surface area contributed by atoms with Crippen LogP contribution < -0.4 is 5.32 Å². The number of rotatable bonds is 5. The predicted octanol–water partition coefficient (Wildman–Crippen LogP) is 3.42. The molecule has 1 aromatic carbocycles. The van der Waals surface area contributed by atoms with Gasteiger partial charge in [0.15, 0.2) is 5.96 Å². The molecule has 2 saturated heterocycles. The lowest BCUT2D eigenvalue weighted by atomic mass is 9.82. The van der Waals surface area contributed by atoms with Crippen LogP contribution in [0.2, 0.25) is 0 Å². The largest absolute Gasteiger partial charge is 0.353 e. The second-order valence-corrected chi connectivity index (χ2v) is 9.82. The van der Waals surface area contributed by atoms with Crippen LogP contribution in [0, 0.1) is 11.8 Å². The molecule has 1 saturated carbocycles. The number of nitrogens with one attached hydrogen (secondary N) is 1. The van der Waals surface area contributed by atoms with Crippen molar-refractivity contribution in [3.63, 3.8) is 0 Å². The lowest BCUT2D eigenvalue weighted by Crippen LogP contribution is -2.49. The molecule has 0 bridgehead atoms. The SMILES string of the molecule is CN(C)C(=O)CN=C(NC1CCN(Cc2ccccc2)CC1)N1CC2CCCCC2C1.I. The summed E-state index contributed by atoms with van der Waals surface area (Å²) in [5.41, 5.74) is 1.39. The highest BCUT2D eigenvalue weighted by molar-refractivity contribution is 14.0. The third-order valence-corrected chi connectivity index (χ3v) is 7.31. The average molecular weight is 554 g/mol. The minimum atomic E-state index is 0. The molecule has 2 atom stereocenters. The zero-order valence-corrected chi connectivity index (χ0v) is 22.0. The molecule has 3 fully saturated rings. The molecule has 4 rings (SSSR count). The van der Waals surface area contributed by atoms with Gasteiger partial charge in [0.05, 0.1) is 0 Å². The molecule has 2 unspecified atom stereocenters. The number of halogens is 1. The molecule has 2 heterocycles. The Bertz CT molecular complexity index is 734. The molecule has 2 aliphatic heterocycles. The van der Waals surface area contributed by atoms with Gasteiger partial charge in [-0.15, -0.1) is 24.0 Å². The smallest absolute Gasteiger partial charge is 0.243 e. The number of hydrogen-bond acceptors (Lipinski definition) is 3. The van der Waals surface area contributed by atoms with Crippen LogP contribution in [0.3, 0.4) is 0 Å². The summed E-state index contributed by atoms with van der Waals surface area (Å²) in [5, 5.41) is 3.76. The Kier molecular flexibility index (Phi) is 9.64. The van der Waals surface area contributed by atoms with Crippen LogP contribution in [0.4, 0.5) is 0 Å². The van der Waals surface area contributed by atoms with Gasteiger partial charge < -0.3 is 15.1 Å². The molecular weight excluding hydrogens is 513 g/mol. The number of piperidine rings is 1. The van der Waals surface area contributed by atoms with Crippen molar-refractivity contribution in [2.24, 2.45) is 16.8 Å². The molecule has 7 heteroatoms. The number of fused-ring (bicyclic) bond motifs is 1. The molecule has 3 aliphatic rings. The lowest BCUT2D eigenvalue weighted by molar-refractivity contribution is -0.127. The number of likely N-dealkylation sites (tertiary alicyclic amines) is 2. The van der Waals surface area contributed by atoms with Crippen molar-refractivity contribution in [1.82, 2.24) is 20.0 Å². The fourth-order valence-corrected chi connectivity index (χ4v) is 5.36. The molecule has 32 heavy (non-hydrogen) atoms. The number of carbonyl (C=O) groups excluding carboxylic acids is 1. The van der Waals surface area contributed by atoms with Gasteiger partial charge in [-0.3, -0.25) is 9.69 Å². The van der Waals surface area contributed by atoms with Crippen LogP contribution in [0.15, 0.2) is 35.3 Å². The zero-order valence-electron chi connectivity index (χ0n) is 19.7. The molecular formula is C25H40IN5O. The van der Waals surface area contributed by atoms with E-state index in [-0.39, 0.29) is 36.4 Å². The van der Waals surface area contributed by atoms with Crippen molar-refractivity contribution in [2.75, 3.05) is 46.8 Å². The molecule has 1 aromatic rings. The van der Waals surface area contributed by atoms with Crippen molar-refractivity contribution >= 4 is 35.8 Å². The van der Waals surface area contributed by atoms with Crippen molar-refractivity contribution < 1.29 is 4.79 Å². The molecule has 1 amide bonds. The van der Waals surface area contributed by atoms with Gasteiger partial charge >= 0.3 is 0 Å². The molecule has 0 radical (unpaired) electrons. The maximum absolute atomic E-state index is 12.2. The van der Waals surface area contributed by atoms with E-state index in [0.717, 1.165) is 63.4 Å². The van der Waals surface area contributed by atoms with Crippen LogP contribution >= 0.6 is 24.0 Å². The third kappa shape index (κ3) is 6.83. The maximum Gasteiger partial charge on any atom is 0.243 e. The highest BCUT2D eigenvalue weighted by Gasteiger charge is 2.36. The molecule has 6 nitrogen and oxygen atoms in total. The van der Waals surface area contributed by atoms with Crippen LogP contribution in [0.1, 0.15) is 44.1 Å². The Morgan fingerprint density at radius 2 is 1.66 bits per heavy atom. The van der Waals surface area contributed by atoms with Gasteiger partial charge in [-0.1, -0.05) is 43.2 Å². The first kappa shape index (κ1) is 25.3. The molecule has 1 aliphatic carbocycles. The normalized spacial score (nSPS) is 24.6. The summed E-state index contributed by atoms with van der Waals surface area (Å²) in [6, 6.07) is 11.2. The number of hydrogen-bond donors (Lipinski definition) is 1. The topological polar surface area (TPSA) is 51.2 Å². The van der Waals surface area contributed by atoms with Crippen LogP contribution in [0.5, 0.6) is 0 Å². The summed E-state index contributed by atoms with van der Waals surface area (Å²) < 4.78 is 0. The number of guanidine groups is 1. The third-order valence-electron chi connectivity index (χ3n) is 7.31. The van der Waals surface area contributed by atoms with E-state index in [0.29, 0.717) is 6.04 Å². The minimum absolute atomic E-state index is 0. The summed E-state index contributed by atoms with van der Waals surface area (Å²) in [7, 11) is 3.61. The summed E-state index contributed by atoms with van der Waals surface area (Å²) in [6.45, 7) is 5.65. The van der Waals surface area contributed by atoms with Crippen LogP contribution in [0.25, 0.3) is 0 Å². The molecule has 1 N–H and O–H groups in total. The fourth-order valence-electron chi connectivity index (χ4n) is 5.36. The quantitative estimate of drug-likeness (QED) is 0.345. The number of amides is 1. The van der Waals surface area contributed by atoms with Gasteiger partial charge in [-0.05, 0) is 43.1 Å². The summed E-state index contributed by atoms with van der Waals surface area (Å²) in [5.74, 6) is 2.63. The van der Waals surface area contributed by atoms with Crippen LogP contribution in [-0.2, 0) is 11.3 Å². The van der Waals surface area contributed by atoms with Crippen molar-refractivity contribution in [2.45, 2.75) is 51.1 Å². The fraction of sp³-hybridized carbons (Fsp3) is 0.680. The monoisotopic (exact) mass is 553 g/mol. The van der Waals surface area contributed by atoms with E-state index < -0.39 is 0 Å². The highest BCUT2D eigenvalue weighted by atomic mass is 127. The summed E-state index contributed by atoms with van der Waals surface area (Å²) in [6.07, 6.45) is 7.68. The first-order chi connectivity index (χ1) is 15.1. The summed E-state index contributed by atoms with van der Waals surface area (Å²) >= 11 is 0. The van der Waals surface area contributed by atoms with E-state index in [4.69, 9.17) is 4.99 Å². The van der Waals surface area contributed by atoms with E-state index in [1.807, 2.05) is 0 Å². The van der Waals surface area contributed by atoms with Gasteiger partial charge in [0.2, 0.25) is 5.91 Å². The second kappa shape index (κ2) is 12.2. The Hall–Kier alpha value is -1.35. The van der Waals surface area contributed by atoms with Crippen molar-refractivity contribution in [3.05, 3.63) is 35.9 Å². The Morgan fingerprint density at radius 3 is 2.25 bits per heavy atom. The number of likely N-dealkylation sites (N-methyl/N-ethyl adjacent to an activating group) is 1. The predicted molar refractivity (Wildman–Crippen MR) is 141 cm³/mol. The number of nitrogens with zero attached hydrogens (tertiary/aromatic N) is 4. The van der Waals surface area contributed by atoms with Gasteiger partial charge in [0, 0.05) is 52.9 Å². The number of aliphatic imine (C=N–C) groups is 1. The van der Waals surface area contributed by atoms with Gasteiger partial charge in [-0.2, -0.15) is 0 Å². The maximum atomic E-state index is 12.2. The Morgan fingerprint density at radius 1 is 1.03 bits per heavy atom. The molecule has 0 spiro atoms. The second-order valence-electron chi connectivity index (χ2n) is 9.82. The van der Waals surface area contributed by atoms with E-state index in [1.54, 1.807) is 19.0 Å². The number of benzene rings is 1. The Labute approximate surface area is 210 Å². The Balaban J connectivity index is 0.00000289. The van der Waals surface area contributed by atoms with Gasteiger partial charge in [0.1, 0.15) is 6.54 Å². The molecule has 178 valence electrons. The van der Waals surface area contributed by atoms with Crippen molar-refractivity contribution in [3.8, 4) is 0 Å². The van der Waals surface area contributed by atoms with E-state index in [9.17, 15) is 4.79 Å². The zero-order chi connectivity index (χ0) is 21.6. The van der Waals surface area contributed by atoms with E-state index in [1.165, 1.54) is 31.2 Å². The van der Waals surface area contributed by atoms with Crippen LogP contribution in [-0.4, -0.2) is 79.4 Å². The first-order valence-electron chi connectivity index (χ1n) is 12.1. The highest BCUT2D eigenvalue weighted by Crippen LogP contribution is 2.36. The standard InChI is InChI=1S/C25H39N5O.HI/c1-28(2)24(31)16-26-25(30-18-21-10-6-7-11-22(21)19-30)27-23-12-14-29(15-13-23)17-20-8-4-3-5-9-20;/h3-5,8-9,21-23H,6-7,10-19H2,1-2H3,(H,26,27);1H. The van der Waals surface area contributed by atoms with Gasteiger partial charge in [-0.25, -0.2) is 4.99 Å². The molecule has 0 aromatic heterocycles. The van der Waals surface area contributed by atoms with Gasteiger partial charge in [0.25, 0.3) is 0 Å². The first-order valence-corrected chi connectivity index (χ1v) is 12.1. The number of carbonyl (C=O) groups is 1.